The number of rotatable bonds is 5. The maximum absolute atomic E-state index is 11.9. The molecule has 1 aromatic rings. The van der Waals surface area contributed by atoms with Gasteiger partial charge in [-0.25, -0.2) is 0 Å². The van der Waals surface area contributed by atoms with Crippen LogP contribution in [0.5, 0.6) is 0 Å². The van der Waals surface area contributed by atoms with Crippen LogP contribution in [-0.4, -0.2) is 11.9 Å². The van der Waals surface area contributed by atoms with Gasteiger partial charge in [-0.2, -0.15) is 0 Å². The molecule has 0 heterocycles. The quantitative estimate of drug-likeness (QED) is 0.801. The van der Waals surface area contributed by atoms with Crippen molar-refractivity contribution in [3.05, 3.63) is 41.5 Å². The van der Waals surface area contributed by atoms with E-state index >= 15 is 0 Å². The summed E-state index contributed by atoms with van der Waals surface area (Å²) in [7, 11) is 0. The van der Waals surface area contributed by atoms with Gasteiger partial charge in [0.15, 0.2) is 0 Å². The number of hydrogen-bond acceptors (Lipinski definition) is 1. The van der Waals surface area contributed by atoms with Gasteiger partial charge in [0.25, 0.3) is 0 Å². The third kappa shape index (κ3) is 5.74. The van der Waals surface area contributed by atoms with Gasteiger partial charge in [-0.15, -0.1) is 0 Å². The average Bonchev–Trinajstić information content (AvgIpc) is 2.47. The highest BCUT2D eigenvalue weighted by atomic mass is 16.1. The Hall–Kier alpha value is -1.57. The molecule has 2 rings (SSSR count). The molecule has 1 aromatic carbocycles. The fourth-order valence-electron chi connectivity index (χ4n) is 2.90. The molecular formula is C19H27NO. The molecule has 0 aromatic heterocycles. The van der Waals surface area contributed by atoms with Crippen LogP contribution in [0.2, 0.25) is 0 Å². The van der Waals surface area contributed by atoms with Crippen molar-refractivity contribution in [3.8, 4) is 0 Å². The highest BCUT2D eigenvalue weighted by Crippen LogP contribution is 2.17. The second kappa shape index (κ2) is 8.02. The standard InChI is InChI=1S/C19H27NO/c1-15(2)14-17-10-8-16(9-11-17)12-13-19(21)20-18-6-4-3-5-7-18/h8-13,15,18H,3-7,14H2,1-2H3,(H,20,21)/b13-12-. The van der Waals surface area contributed by atoms with Gasteiger partial charge in [0.1, 0.15) is 0 Å². The fraction of sp³-hybridized carbons (Fsp3) is 0.526. The molecule has 0 bridgehead atoms. The Bertz CT molecular complexity index is 467. The van der Waals surface area contributed by atoms with Gasteiger partial charge in [-0.3, -0.25) is 4.79 Å². The van der Waals surface area contributed by atoms with E-state index in [1.807, 2.05) is 6.08 Å². The monoisotopic (exact) mass is 285 g/mol. The molecule has 0 radical (unpaired) electrons. The van der Waals surface area contributed by atoms with Crippen molar-refractivity contribution in [3.63, 3.8) is 0 Å². The normalized spacial score (nSPS) is 16.5. The van der Waals surface area contributed by atoms with Crippen molar-refractivity contribution >= 4 is 12.0 Å². The van der Waals surface area contributed by atoms with Gasteiger partial charge in [-0.1, -0.05) is 57.4 Å². The SMILES string of the molecule is CC(C)Cc1ccc(/C=C\C(=O)NC2CCCCC2)cc1. The molecule has 1 N–H and O–H groups in total. The molecule has 1 aliphatic carbocycles. The molecular weight excluding hydrogens is 258 g/mol. The number of hydrogen-bond donors (Lipinski definition) is 1. The van der Waals surface area contributed by atoms with Crippen LogP contribution in [0.4, 0.5) is 0 Å². The van der Waals surface area contributed by atoms with E-state index in [0.717, 1.165) is 24.8 Å². The Balaban J connectivity index is 1.83. The zero-order chi connectivity index (χ0) is 15.1. The summed E-state index contributed by atoms with van der Waals surface area (Å²) in [6.07, 6.45) is 10.7. The van der Waals surface area contributed by atoms with Crippen LogP contribution in [0.3, 0.4) is 0 Å². The van der Waals surface area contributed by atoms with Crippen molar-refractivity contribution in [2.24, 2.45) is 5.92 Å². The van der Waals surface area contributed by atoms with E-state index in [4.69, 9.17) is 0 Å². The topological polar surface area (TPSA) is 29.1 Å². The van der Waals surface area contributed by atoms with Gasteiger partial charge >= 0.3 is 0 Å². The predicted octanol–water partition coefficient (Wildman–Crippen LogP) is 4.35. The smallest absolute Gasteiger partial charge is 0.244 e. The van der Waals surface area contributed by atoms with Crippen molar-refractivity contribution in [1.82, 2.24) is 5.32 Å². The number of carbonyl (C=O) groups excluding carboxylic acids is 1. The minimum atomic E-state index is 0.0353. The average molecular weight is 285 g/mol. The molecule has 21 heavy (non-hydrogen) atoms. The minimum absolute atomic E-state index is 0.0353. The van der Waals surface area contributed by atoms with Crippen molar-refractivity contribution in [2.45, 2.75) is 58.4 Å². The van der Waals surface area contributed by atoms with Gasteiger partial charge in [0.05, 0.1) is 0 Å². The van der Waals surface area contributed by atoms with Crippen molar-refractivity contribution in [2.75, 3.05) is 0 Å². The lowest BCUT2D eigenvalue weighted by Crippen LogP contribution is -2.34. The predicted molar refractivity (Wildman–Crippen MR) is 89.0 cm³/mol. The number of nitrogens with one attached hydrogen (secondary N) is 1. The third-order valence-corrected chi connectivity index (χ3v) is 4.00. The van der Waals surface area contributed by atoms with Crippen molar-refractivity contribution < 1.29 is 4.79 Å². The first-order chi connectivity index (χ1) is 10.1. The number of benzene rings is 1. The first-order valence-electron chi connectivity index (χ1n) is 8.21. The summed E-state index contributed by atoms with van der Waals surface area (Å²) in [5.41, 5.74) is 2.44. The zero-order valence-electron chi connectivity index (χ0n) is 13.3. The lowest BCUT2D eigenvalue weighted by molar-refractivity contribution is -0.117. The molecule has 0 aliphatic heterocycles. The van der Waals surface area contributed by atoms with Gasteiger partial charge in [0.2, 0.25) is 5.91 Å². The van der Waals surface area contributed by atoms with E-state index in [1.54, 1.807) is 6.08 Å². The summed E-state index contributed by atoms with van der Waals surface area (Å²) in [5.74, 6) is 0.709. The van der Waals surface area contributed by atoms with Crippen LogP contribution in [-0.2, 0) is 11.2 Å². The second-order valence-electron chi connectivity index (χ2n) is 6.52. The highest BCUT2D eigenvalue weighted by molar-refractivity contribution is 5.91. The highest BCUT2D eigenvalue weighted by Gasteiger charge is 2.13. The Morgan fingerprint density at radius 3 is 2.48 bits per heavy atom. The largest absolute Gasteiger partial charge is 0.350 e. The van der Waals surface area contributed by atoms with E-state index < -0.39 is 0 Å². The number of amides is 1. The Kier molecular flexibility index (Phi) is 6.04. The summed E-state index contributed by atoms with van der Waals surface area (Å²) in [6, 6.07) is 8.85. The maximum Gasteiger partial charge on any atom is 0.244 e. The molecule has 1 amide bonds. The van der Waals surface area contributed by atoms with Crippen LogP contribution in [0.25, 0.3) is 6.08 Å². The van der Waals surface area contributed by atoms with E-state index in [1.165, 1.54) is 24.8 Å². The van der Waals surface area contributed by atoms with Crippen LogP contribution in [0.1, 0.15) is 57.1 Å². The first kappa shape index (κ1) is 15.8. The van der Waals surface area contributed by atoms with E-state index in [0.29, 0.717) is 12.0 Å². The maximum atomic E-state index is 11.9. The summed E-state index contributed by atoms with van der Waals surface area (Å²) >= 11 is 0. The molecule has 1 fully saturated rings. The molecule has 0 unspecified atom stereocenters. The molecule has 1 aliphatic rings. The summed E-state index contributed by atoms with van der Waals surface area (Å²) in [6.45, 7) is 4.45. The fourth-order valence-corrected chi connectivity index (χ4v) is 2.90. The Morgan fingerprint density at radius 2 is 1.86 bits per heavy atom. The molecule has 2 nitrogen and oxygen atoms in total. The molecule has 0 spiro atoms. The van der Waals surface area contributed by atoms with Crippen LogP contribution >= 0.6 is 0 Å². The van der Waals surface area contributed by atoms with E-state index in [2.05, 4.69) is 43.4 Å². The first-order valence-corrected chi connectivity index (χ1v) is 8.21. The lowest BCUT2D eigenvalue weighted by Gasteiger charge is -2.21. The van der Waals surface area contributed by atoms with Crippen LogP contribution in [0.15, 0.2) is 30.3 Å². The second-order valence-corrected chi connectivity index (χ2v) is 6.52. The Labute approximate surface area is 128 Å². The summed E-state index contributed by atoms with van der Waals surface area (Å²) < 4.78 is 0. The van der Waals surface area contributed by atoms with Crippen LogP contribution in [0, 0.1) is 5.92 Å². The molecule has 0 atom stereocenters. The van der Waals surface area contributed by atoms with Gasteiger partial charge in [-0.05, 0) is 42.4 Å². The minimum Gasteiger partial charge on any atom is -0.350 e. The third-order valence-electron chi connectivity index (χ3n) is 4.00. The summed E-state index contributed by atoms with van der Waals surface area (Å²) in [4.78, 5) is 11.9. The van der Waals surface area contributed by atoms with E-state index in [-0.39, 0.29) is 5.91 Å². The zero-order valence-corrected chi connectivity index (χ0v) is 13.3. The Morgan fingerprint density at radius 1 is 1.19 bits per heavy atom. The molecule has 1 saturated carbocycles. The van der Waals surface area contributed by atoms with Crippen LogP contribution < -0.4 is 5.32 Å². The van der Waals surface area contributed by atoms with E-state index in [9.17, 15) is 4.79 Å². The van der Waals surface area contributed by atoms with Gasteiger partial charge < -0.3 is 5.32 Å². The van der Waals surface area contributed by atoms with Crippen molar-refractivity contribution in [1.29, 1.82) is 0 Å². The summed E-state index contributed by atoms with van der Waals surface area (Å²) in [5, 5.41) is 3.10. The lowest BCUT2D eigenvalue weighted by atomic mass is 9.95. The molecule has 114 valence electrons. The number of carbonyl (C=O) groups is 1. The molecule has 2 heteroatoms. The molecule has 0 saturated heterocycles. The van der Waals surface area contributed by atoms with Gasteiger partial charge in [0, 0.05) is 12.1 Å².